The van der Waals surface area contributed by atoms with Gasteiger partial charge in [0, 0.05) is 0 Å². The average Bonchev–Trinajstić information content (AvgIpc) is 2.41. The van der Waals surface area contributed by atoms with Gasteiger partial charge in [-0.15, -0.1) is 0 Å². The van der Waals surface area contributed by atoms with Gasteiger partial charge in [-0.3, -0.25) is 0 Å². The van der Waals surface area contributed by atoms with Crippen LogP contribution < -0.4 is 0 Å². The van der Waals surface area contributed by atoms with E-state index in [0.29, 0.717) is 15.1 Å². The van der Waals surface area contributed by atoms with Gasteiger partial charge in [0.05, 0.1) is 0 Å². The van der Waals surface area contributed by atoms with E-state index in [2.05, 4.69) is 163 Å². The predicted molar refractivity (Wildman–Crippen MR) is 212 cm³/mol. The van der Waals surface area contributed by atoms with Crippen LogP contribution in [0.25, 0.3) is 0 Å². The molecule has 0 N–H and O–H groups in total. The van der Waals surface area contributed by atoms with Crippen LogP contribution in [0.15, 0.2) is 0 Å². The second kappa shape index (κ2) is 11.2. The Bertz CT molecular complexity index is 818. The molecule has 39 heavy (non-hydrogen) atoms. The molecule has 1 rings (SSSR count). The molecular weight excluding hydrogens is 669 g/mol. The third-order valence-electron chi connectivity index (χ3n) is 10.2. The topological polar surface area (TPSA) is 0 Å². The van der Waals surface area contributed by atoms with E-state index < -0.39 is 67.7 Å². The molecule has 0 aromatic carbocycles. The summed E-state index contributed by atoms with van der Waals surface area (Å²) < 4.78 is 5.18. The molecule has 0 unspecified atom stereocenters. The standard InChI is InChI=1S/C16H36B2Si2.2C7H19Si2.Sn/c1-14(2,3)17-13-18(15(4,5)6)16(17,19(7,8)9)20(10,11)12;2*1-8(2,3)7-9(4,5)6;/h1-12H3;2*7H,1-6H3;. The van der Waals surface area contributed by atoms with Crippen molar-refractivity contribution < 1.29 is 0 Å². The van der Waals surface area contributed by atoms with Gasteiger partial charge in [0.25, 0.3) is 0 Å². The molecule has 0 aromatic heterocycles. The van der Waals surface area contributed by atoms with Crippen LogP contribution >= 0.6 is 0 Å². The summed E-state index contributed by atoms with van der Waals surface area (Å²) in [5, 5.41) is 0.715. The summed E-state index contributed by atoms with van der Waals surface area (Å²) in [6.07, 6.45) is 0. The Hall–Kier alpha value is 2.10. The summed E-state index contributed by atoms with van der Waals surface area (Å²) in [7, 11) is -8.54. The Morgan fingerprint density at radius 1 is 0.462 bits per heavy atom. The Morgan fingerprint density at radius 3 is 0.795 bits per heavy atom. The van der Waals surface area contributed by atoms with Crippen LogP contribution in [-0.4, -0.2) is 84.5 Å². The summed E-state index contributed by atoms with van der Waals surface area (Å²) in [6, 6.07) is 0. The van der Waals surface area contributed by atoms with Gasteiger partial charge in [-0.1, -0.05) is 0 Å². The van der Waals surface area contributed by atoms with Crippen molar-refractivity contribution in [2.75, 3.05) is 0 Å². The number of hydrogen-bond donors (Lipinski definition) is 0. The summed E-state index contributed by atoms with van der Waals surface area (Å²) in [5.74, 6) is 0. The van der Waals surface area contributed by atoms with Crippen LogP contribution in [0.4, 0.5) is 0 Å². The summed E-state index contributed by atoms with van der Waals surface area (Å²) in [5.41, 5.74) is 0. The van der Waals surface area contributed by atoms with E-state index in [0.717, 1.165) is 19.8 Å². The van der Waals surface area contributed by atoms with Crippen LogP contribution in [0.1, 0.15) is 41.5 Å². The molecule has 0 saturated carbocycles. The predicted octanol–water partition coefficient (Wildman–Crippen LogP) is 11.2. The molecule has 0 aromatic rings. The first-order valence-electron chi connectivity index (χ1n) is 16.2. The molecule has 9 heteroatoms. The van der Waals surface area contributed by atoms with Crippen molar-refractivity contribution in [2.24, 2.45) is 0 Å². The first kappa shape index (κ1) is 39.1. The zero-order chi connectivity index (χ0) is 32.0. The first-order chi connectivity index (χ1) is 16.5. The first-order valence-corrected chi connectivity index (χ1v) is 42.2. The molecule has 0 aliphatic carbocycles. The van der Waals surface area contributed by atoms with Crippen LogP contribution in [0, 0.1) is 0 Å². The molecule has 228 valence electrons. The van der Waals surface area contributed by atoms with Gasteiger partial charge < -0.3 is 0 Å². The Labute approximate surface area is 263 Å². The van der Waals surface area contributed by atoms with Crippen LogP contribution in [-0.2, 0) is 0 Å². The van der Waals surface area contributed by atoms with Gasteiger partial charge in [0.15, 0.2) is 0 Å². The van der Waals surface area contributed by atoms with Crippen molar-refractivity contribution in [1.29, 1.82) is 0 Å². The average molecular weight is 744 g/mol. The van der Waals surface area contributed by atoms with Crippen molar-refractivity contribution in [1.82, 2.24) is 0 Å². The molecule has 1 aliphatic rings. The third-order valence-corrected chi connectivity index (χ3v) is 83.2. The fourth-order valence-corrected chi connectivity index (χ4v) is 106. The molecule has 1 heterocycles. The maximum absolute atomic E-state index is 2.81. The molecule has 0 nitrogen and oxygen atoms in total. The minimum absolute atomic E-state index is 0.357. The van der Waals surface area contributed by atoms with Crippen molar-refractivity contribution in [3.8, 4) is 0 Å². The van der Waals surface area contributed by atoms with Crippen LogP contribution in [0.3, 0.4) is 0 Å². The molecule has 0 radical (unpaired) electrons. The second-order valence-corrected chi connectivity index (χ2v) is 69.9. The Kier molecular flexibility index (Phi) is 11.2. The van der Waals surface area contributed by atoms with Crippen LogP contribution in [0.5, 0.6) is 0 Å². The Morgan fingerprint density at radius 2 is 0.667 bits per heavy atom. The van der Waals surface area contributed by atoms with Gasteiger partial charge in [-0.05, 0) is 0 Å². The van der Waals surface area contributed by atoms with Gasteiger partial charge in [0.1, 0.15) is 0 Å². The van der Waals surface area contributed by atoms with Gasteiger partial charge in [0.2, 0.25) is 0 Å². The molecule has 0 spiro atoms. The van der Waals surface area contributed by atoms with Crippen molar-refractivity contribution in [3.63, 3.8) is 0 Å². The summed E-state index contributed by atoms with van der Waals surface area (Å²) in [6.45, 7) is 68.3. The van der Waals surface area contributed by atoms with E-state index in [1.54, 1.807) is 0 Å². The molecule has 0 amide bonds. The fraction of sp³-hybridized carbons (Fsp3) is 0.967. The Balaban J connectivity index is 4.82. The molecular formula is C30H74B2Si6Sn. The second-order valence-electron chi connectivity index (χ2n) is 22.2. The molecule has 1 saturated heterocycles. The van der Waals surface area contributed by atoms with Crippen molar-refractivity contribution >= 4 is 84.5 Å². The SMILES string of the molecule is CC(C)(C)B1[C](=[Sn]([CH]([Si](C)(C)C)[Si](C)(C)C)[CH]([Si](C)(C)C)[Si](C)(C)C)B(C(C)(C)C)C1([Si](C)(C)C)[Si](C)(C)C. The van der Waals surface area contributed by atoms with E-state index in [9.17, 15) is 0 Å². The van der Waals surface area contributed by atoms with E-state index >= 15 is 0 Å². The van der Waals surface area contributed by atoms with E-state index in [1.165, 1.54) is 0 Å². The van der Waals surface area contributed by atoms with E-state index in [-0.39, 0.29) is 0 Å². The quantitative estimate of drug-likeness (QED) is 0.217. The van der Waals surface area contributed by atoms with Crippen molar-refractivity contribution in [2.45, 2.75) is 181 Å². The van der Waals surface area contributed by atoms with Crippen LogP contribution in [0.2, 0.25) is 139 Å². The molecule has 1 fully saturated rings. The zero-order valence-electron chi connectivity index (χ0n) is 31.8. The van der Waals surface area contributed by atoms with E-state index in [1.807, 2.05) is 0 Å². The van der Waals surface area contributed by atoms with Gasteiger partial charge in [-0.2, -0.15) is 0 Å². The van der Waals surface area contributed by atoms with E-state index in [4.69, 9.17) is 0 Å². The molecule has 1 aliphatic heterocycles. The third kappa shape index (κ3) is 7.50. The monoisotopic (exact) mass is 744 g/mol. The summed E-state index contributed by atoms with van der Waals surface area (Å²) >= 11 is -2.19. The molecule has 0 bridgehead atoms. The van der Waals surface area contributed by atoms with Gasteiger partial charge in [-0.25, -0.2) is 0 Å². The van der Waals surface area contributed by atoms with Gasteiger partial charge >= 0.3 is 265 Å². The number of rotatable bonds is 8. The zero-order valence-corrected chi connectivity index (χ0v) is 40.7. The minimum atomic E-state index is -2.19. The normalized spacial score (nSPS) is 18.8. The van der Waals surface area contributed by atoms with Crippen molar-refractivity contribution in [3.05, 3.63) is 0 Å². The summed E-state index contributed by atoms with van der Waals surface area (Å²) in [4.78, 5) is 0. The molecule has 0 atom stereocenters. The number of hydrogen-bond acceptors (Lipinski definition) is 0. The maximum atomic E-state index is 2.81. The fourth-order valence-electron chi connectivity index (χ4n) is 11.2.